The molecule has 1 aromatic rings. The van der Waals surface area contributed by atoms with E-state index in [9.17, 15) is 22.4 Å². The molecule has 1 amide bonds. The average Bonchev–Trinajstić information content (AvgIpc) is 3.18. The number of benzene rings is 1. The molecule has 2 heterocycles. The fourth-order valence-electron chi connectivity index (χ4n) is 4.25. The first kappa shape index (κ1) is 17.5. The number of nitrogens with zero attached hydrogens (tertiary/aromatic N) is 1. The van der Waals surface area contributed by atoms with Gasteiger partial charge in [0.05, 0.1) is 11.6 Å². The lowest BCUT2D eigenvalue weighted by Crippen LogP contribution is -2.49. The summed E-state index contributed by atoms with van der Waals surface area (Å²) in [5.74, 6) is -0.973. The standard InChI is InChI=1S/C17H19F4N3O2/c18-11-4-9(3-10(5-11)17(19,20)21)15-7-26-16(25)24(15)12-1-2-13-14(6-12)23-8-22-13/h3-5,12-15,22-23H,1-2,6-8H2/t12?,13?,14?,15-/m1/s1. The molecule has 0 spiro atoms. The quantitative estimate of drug-likeness (QED) is 0.783. The number of nitrogens with one attached hydrogen (secondary N) is 2. The molecular formula is C17H19F4N3O2. The molecule has 2 N–H and O–H groups in total. The minimum Gasteiger partial charge on any atom is -0.447 e. The van der Waals surface area contributed by atoms with Crippen molar-refractivity contribution >= 4 is 6.09 Å². The first-order valence-corrected chi connectivity index (χ1v) is 8.62. The molecule has 0 bridgehead atoms. The van der Waals surface area contributed by atoms with Gasteiger partial charge in [-0.2, -0.15) is 13.2 Å². The van der Waals surface area contributed by atoms with Gasteiger partial charge >= 0.3 is 12.3 Å². The van der Waals surface area contributed by atoms with Gasteiger partial charge in [-0.05, 0) is 43.0 Å². The Morgan fingerprint density at radius 2 is 1.88 bits per heavy atom. The molecule has 9 heteroatoms. The second-order valence-electron chi connectivity index (χ2n) is 7.04. The maximum atomic E-state index is 13.8. The summed E-state index contributed by atoms with van der Waals surface area (Å²) in [6.45, 7) is 0.630. The van der Waals surface area contributed by atoms with Gasteiger partial charge in [0.25, 0.3) is 0 Å². The Morgan fingerprint density at radius 3 is 2.65 bits per heavy atom. The zero-order chi connectivity index (χ0) is 18.5. The molecule has 0 aromatic heterocycles. The van der Waals surface area contributed by atoms with Crippen molar-refractivity contribution in [2.45, 2.75) is 49.6 Å². The maximum absolute atomic E-state index is 13.8. The van der Waals surface area contributed by atoms with Gasteiger partial charge in [-0.3, -0.25) is 4.90 Å². The Morgan fingerprint density at radius 1 is 1.12 bits per heavy atom. The van der Waals surface area contributed by atoms with E-state index in [1.165, 1.54) is 4.90 Å². The summed E-state index contributed by atoms with van der Waals surface area (Å²) in [7, 11) is 0. The number of rotatable bonds is 2. The lowest BCUT2D eigenvalue weighted by Gasteiger charge is -2.38. The Kier molecular flexibility index (Phi) is 4.31. The minimum atomic E-state index is -4.65. The Labute approximate surface area is 147 Å². The van der Waals surface area contributed by atoms with Crippen LogP contribution >= 0.6 is 0 Å². The highest BCUT2D eigenvalue weighted by Gasteiger charge is 2.44. The van der Waals surface area contributed by atoms with Crippen molar-refractivity contribution in [1.82, 2.24) is 15.5 Å². The summed E-state index contributed by atoms with van der Waals surface area (Å²) in [5, 5.41) is 6.66. The van der Waals surface area contributed by atoms with E-state index in [0.717, 1.165) is 25.0 Å². The van der Waals surface area contributed by atoms with Gasteiger partial charge in [0.1, 0.15) is 12.4 Å². The number of ether oxygens (including phenoxy) is 1. The zero-order valence-electron chi connectivity index (χ0n) is 13.9. The maximum Gasteiger partial charge on any atom is 0.416 e. The molecule has 2 aliphatic heterocycles. The third-order valence-corrected chi connectivity index (χ3v) is 5.49. The van der Waals surface area contributed by atoms with Crippen LogP contribution in [0.25, 0.3) is 0 Å². The SMILES string of the molecule is O=C1OC[C@H](c2cc(F)cc(C(F)(F)F)c2)N1C1CCC2NCNC2C1. The van der Waals surface area contributed by atoms with Gasteiger partial charge in [-0.1, -0.05) is 0 Å². The molecule has 3 unspecified atom stereocenters. The fourth-order valence-corrected chi connectivity index (χ4v) is 4.25. The number of amides is 1. The molecule has 2 saturated heterocycles. The third kappa shape index (κ3) is 3.14. The van der Waals surface area contributed by atoms with Crippen LogP contribution < -0.4 is 10.6 Å². The summed E-state index contributed by atoms with van der Waals surface area (Å²) >= 11 is 0. The van der Waals surface area contributed by atoms with Crippen LogP contribution in [0.5, 0.6) is 0 Å². The normalized spacial score (nSPS) is 31.8. The Hall–Kier alpha value is -1.87. The van der Waals surface area contributed by atoms with E-state index in [2.05, 4.69) is 10.6 Å². The second kappa shape index (κ2) is 6.38. The molecule has 4 atom stereocenters. The lowest BCUT2D eigenvalue weighted by molar-refractivity contribution is -0.137. The first-order chi connectivity index (χ1) is 12.3. The van der Waals surface area contributed by atoms with Crippen molar-refractivity contribution in [3.8, 4) is 0 Å². The number of halogens is 4. The van der Waals surface area contributed by atoms with Crippen molar-refractivity contribution in [2.24, 2.45) is 0 Å². The van der Waals surface area contributed by atoms with Gasteiger partial charge in [0.15, 0.2) is 0 Å². The van der Waals surface area contributed by atoms with Gasteiger partial charge in [-0.15, -0.1) is 0 Å². The zero-order valence-corrected chi connectivity index (χ0v) is 13.9. The molecule has 5 nitrogen and oxygen atoms in total. The number of cyclic esters (lactones) is 1. The van der Waals surface area contributed by atoms with Crippen LogP contribution in [0, 0.1) is 5.82 Å². The highest BCUT2D eigenvalue weighted by molar-refractivity contribution is 5.71. The van der Waals surface area contributed by atoms with E-state index < -0.39 is 29.7 Å². The van der Waals surface area contributed by atoms with Crippen molar-refractivity contribution in [2.75, 3.05) is 13.3 Å². The average molecular weight is 373 g/mol. The fraction of sp³-hybridized carbons (Fsp3) is 0.588. The number of hydrogen-bond donors (Lipinski definition) is 2. The molecule has 1 aromatic carbocycles. The van der Waals surface area contributed by atoms with E-state index in [1.54, 1.807) is 0 Å². The number of alkyl halides is 3. The van der Waals surface area contributed by atoms with Crippen LogP contribution in [0.4, 0.5) is 22.4 Å². The van der Waals surface area contributed by atoms with E-state index in [0.29, 0.717) is 25.2 Å². The monoisotopic (exact) mass is 373 g/mol. The van der Waals surface area contributed by atoms with E-state index in [4.69, 9.17) is 4.74 Å². The van der Waals surface area contributed by atoms with Crippen molar-refractivity contribution in [3.63, 3.8) is 0 Å². The van der Waals surface area contributed by atoms with Gasteiger partial charge in [0.2, 0.25) is 0 Å². The molecule has 4 rings (SSSR count). The summed E-state index contributed by atoms with van der Waals surface area (Å²) in [6, 6.07) is 2.11. The minimum absolute atomic E-state index is 0.0736. The van der Waals surface area contributed by atoms with Crippen molar-refractivity contribution < 1.29 is 27.1 Å². The molecule has 3 aliphatic rings. The Balaban J connectivity index is 1.61. The molecule has 142 valence electrons. The molecule has 26 heavy (non-hydrogen) atoms. The summed E-state index contributed by atoms with van der Waals surface area (Å²) in [5.41, 5.74) is -0.944. The molecular weight excluding hydrogens is 354 g/mol. The van der Waals surface area contributed by atoms with Crippen LogP contribution in [-0.4, -0.2) is 42.4 Å². The van der Waals surface area contributed by atoms with Gasteiger partial charge < -0.3 is 15.4 Å². The van der Waals surface area contributed by atoms with E-state index in [1.807, 2.05) is 0 Å². The van der Waals surface area contributed by atoms with Gasteiger partial charge in [-0.25, -0.2) is 9.18 Å². The van der Waals surface area contributed by atoms with Crippen LogP contribution in [0.15, 0.2) is 18.2 Å². The summed E-state index contributed by atoms with van der Waals surface area (Å²) in [6.07, 6.45) is -2.94. The highest BCUT2D eigenvalue weighted by Crippen LogP contribution is 2.38. The summed E-state index contributed by atoms with van der Waals surface area (Å²) < 4.78 is 58.0. The molecule has 1 aliphatic carbocycles. The first-order valence-electron chi connectivity index (χ1n) is 8.62. The van der Waals surface area contributed by atoms with Crippen molar-refractivity contribution in [3.05, 3.63) is 35.1 Å². The van der Waals surface area contributed by atoms with E-state index >= 15 is 0 Å². The van der Waals surface area contributed by atoms with E-state index in [-0.39, 0.29) is 24.3 Å². The Bertz CT molecular complexity index is 712. The molecule has 3 fully saturated rings. The number of fused-ring (bicyclic) bond motifs is 1. The van der Waals surface area contributed by atoms with Gasteiger partial charge in [0, 0.05) is 24.8 Å². The predicted molar refractivity (Wildman–Crippen MR) is 83.7 cm³/mol. The molecule has 1 saturated carbocycles. The topological polar surface area (TPSA) is 53.6 Å². The lowest BCUT2D eigenvalue weighted by atomic mass is 9.86. The number of hydrogen-bond acceptors (Lipinski definition) is 4. The van der Waals surface area contributed by atoms with Crippen LogP contribution in [0.2, 0.25) is 0 Å². The largest absolute Gasteiger partial charge is 0.447 e. The second-order valence-corrected chi connectivity index (χ2v) is 7.04. The number of carbonyl (C=O) groups excluding carboxylic acids is 1. The van der Waals surface area contributed by atoms with Crippen molar-refractivity contribution in [1.29, 1.82) is 0 Å². The molecule has 0 radical (unpaired) electrons. The number of carbonyl (C=O) groups is 1. The summed E-state index contributed by atoms with van der Waals surface area (Å²) in [4.78, 5) is 13.8. The highest BCUT2D eigenvalue weighted by atomic mass is 19.4. The van der Waals surface area contributed by atoms with Crippen LogP contribution in [0.3, 0.4) is 0 Å². The third-order valence-electron chi connectivity index (χ3n) is 5.49. The smallest absolute Gasteiger partial charge is 0.416 e. The van der Waals surface area contributed by atoms with Crippen LogP contribution in [-0.2, 0) is 10.9 Å². The predicted octanol–water partition coefficient (Wildman–Crippen LogP) is 2.78. The van der Waals surface area contributed by atoms with Crippen LogP contribution in [0.1, 0.15) is 36.4 Å².